The van der Waals surface area contributed by atoms with Crippen LogP contribution in [0.3, 0.4) is 0 Å². The van der Waals surface area contributed by atoms with Gasteiger partial charge in [0.05, 0.1) is 16.8 Å². The van der Waals surface area contributed by atoms with E-state index in [1.165, 1.54) is 11.8 Å². The summed E-state index contributed by atoms with van der Waals surface area (Å²) in [5.74, 6) is 1.31. The van der Waals surface area contributed by atoms with Gasteiger partial charge in [-0.2, -0.15) is 0 Å². The number of aryl methyl sites for hydroxylation is 2. The van der Waals surface area contributed by atoms with Crippen molar-refractivity contribution < 1.29 is 9.59 Å². The van der Waals surface area contributed by atoms with E-state index >= 15 is 0 Å². The summed E-state index contributed by atoms with van der Waals surface area (Å²) in [6.07, 6.45) is 2.89. The van der Waals surface area contributed by atoms with Crippen molar-refractivity contribution in [3.8, 4) is 0 Å². The van der Waals surface area contributed by atoms with Gasteiger partial charge >= 0.3 is 0 Å². The third-order valence-corrected chi connectivity index (χ3v) is 7.71. The smallest absolute Gasteiger partial charge is 0.242 e. The Morgan fingerprint density at radius 2 is 1.66 bits per heavy atom. The van der Waals surface area contributed by atoms with Crippen LogP contribution in [-0.2, 0) is 29.0 Å². The van der Waals surface area contributed by atoms with Crippen molar-refractivity contribution in [2.45, 2.75) is 58.7 Å². The van der Waals surface area contributed by atoms with Gasteiger partial charge in [0.2, 0.25) is 11.8 Å². The Morgan fingerprint density at radius 1 is 1.00 bits per heavy atom. The number of nitrogens with zero attached hydrogens (tertiary/aromatic N) is 3. The molecule has 1 saturated heterocycles. The van der Waals surface area contributed by atoms with Crippen LogP contribution in [0.4, 0.5) is 5.69 Å². The van der Waals surface area contributed by atoms with Gasteiger partial charge in [-0.25, -0.2) is 4.98 Å². The summed E-state index contributed by atoms with van der Waals surface area (Å²) in [6, 6.07) is 14.0. The number of likely N-dealkylation sites (tertiary alicyclic amines) is 1. The number of piperidine rings is 1. The maximum absolute atomic E-state index is 13.3. The van der Waals surface area contributed by atoms with Gasteiger partial charge < -0.3 is 14.8 Å². The van der Waals surface area contributed by atoms with Crippen LogP contribution in [0.1, 0.15) is 45.2 Å². The lowest BCUT2D eigenvalue weighted by molar-refractivity contribution is -0.134. The van der Waals surface area contributed by atoms with Crippen molar-refractivity contribution in [1.29, 1.82) is 0 Å². The Bertz CT molecular complexity index is 1170. The molecule has 2 aromatic carbocycles. The molecule has 1 N–H and O–H groups in total. The zero-order valence-corrected chi connectivity index (χ0v) is 22.0. The van der Waals surface area contributed by atoms with E-state index in [-0.39, 0.29) is 24.1 Å². The Hall–Kier alpha value is -2.80. The fourth-order valence-corrected chi connectivity index (χ4v) is 5.94. The monoisotopic (exact) mass is 492 g/mol. The second kappa shape index (κ2) is 11.3. The van der Waals surface area contributed by atoms with E-state index in [1.807, 2.05) is 39.8 Å². The number of amides is 2. The van der Waals surface area contributed by atoms with E-state index in [0.29, 0.717) is 17.0 Å². The number of benzene rings is 2. The molecule has 0 aliphatic carbocycles. The highest BCUT2D eigenvalue weighted by molar-refractivity contribution is 7.99. The number of rotatable bonds is 8. The van der Waals surface area contributed by atoms with Crippen LogP contribution in [0.5, 0.6) is 0 Å². The average Bonchev–Trinajstić information content (AvgIpc) is 3.19. The standard InChI is InChI=1S/C28H36N4O2S/c1-5-21-10-9-11-22(6-2)27(21)30-25(33)18-35-28-29-23-12-7-8-13-24(23)32(28)17-26(34)31-15-19(3)14-20(4)16-31/h7-13,19-20H,5-6,14-18H2,1-4H3,(H,30,33)/t19-,20+. The molecule has 3 aromatic rings. The van der Waals surface area contributed by atoms with Crippen molar-refractivity contribution >= 4 is 40.3 Å². The lowest BCUT2D eigenvalue weighted by Gasteiger charge is -2.35. The van der Waals surface area contributed by atoms with Crippen molar-refractivity contribution in [2.24, 2.45) is 11.8 Å². The van der Waals surface area contributed by atoms with Gasteiger partial charge in [-0.05, 0) is 54.4 Å². The van der Waals surface area contributed by atoms with Gasteiger partial charge in [-0.15, -0.1) is 0 Å². The van der Waals surface area contributed by atoms with Crippen LogP contribution in [0.15, 0.2) is 47.6 Å². The molecule has 2 atom stereocenters. The fourth-order valence-electron chi connectivity index (χ4n) is 5.13. The summed E-state index contributed by atoms with van der Waals surface area (Å²) >= 11 is 1.39. The summed E-state index contributed by atoms with van der Waals surface area (Å²) in [5.41, 5.74) is 4.98. The maximum Gasteiger partial charge on any atom is 0.242 e. The molecule has 0 bridgehead atoms. The van der Waals surface area contributed by atoms with Crippen LogP contribution in [0.2, 0.25) is 0 Å². The lowest BCUT2D eigenvalue weighted by Crippen LogP contribution is -2.44. The largest absolute Gasteiger partial charge is 0.341 e. The number of fused-ring (bicyclic) bond motifs is 1. The maximum atomic E-state index is 13.3. The van der Waals surface area contributed by atoms with Gasteiger partial charge in [0.15, 0.2) is 5.16 Å². The highest BCUT2D eigenvalue weighted by atomic mass is 32.2. The Labute approximate surface area is 212 Å². The SMILES string of the molecule is CCc1cccc(CC)c1NC(=O)CSc1nc2ccccc2n1CC(=O)N1C[C@H](C)C[C@H](C)C1. The average molecular weight is 493 g/mol. The molecule has 35 heavy (non-hydrogen) atoms. The summed E-state index contributed by atoms with van der Waals surface area (Å²) in [5, 5.41) is 3.84. The minimum absolute atomic E-state index is 0.0609. The Morgan fingerprint density at radius 3 is 2.31 bits per heavy atom. The quantitative estimate of drug-likeness (QED) is 0.428. The first kappa shape index (κ1) is 25.3. The Balaban J connectivity index is 1.51. The first-order chi connectivity index (χ1) is 16.9. The molecule has 1 fully saturated rings. The zero-order valence-electron chi connectivity index (χ0n) is 21.2. The fraction of sp³-hybridized carbons (Fsp3) is 0.464. The molecule has 1 aliphatic heterocycles. The van der Waals surface area contributed by atoms with Crippen molar-refractivity contribution in [2.75, 3.05) is 24.2 Å². The van der Waals surface area contributed by atoms with E-state index < -0.39 is 0 Å². The molecule has 1 aliphatic rings. The predicted molar refractivity (Wildman–Crippen MR) is 144 cm³/mol. The molecule has 7 heteroatoms. The van der Waals surface area contributed by atoms with Crippen LogP contribution in [0, 0.1) is 11.8 Å². The van der Waals surface area contributed by atoms with Crippen molar-refractivity contribution in [1.82, 2.24) is 14.5 Å². The van der Waals surface area contributed by atoms with Crippen molar-refractivity contribution in [3.63, 3.8) is 0 Å². The van der Waals surface area contributed by atoms with E-state index in [9.17, 15) is 9.59 Å². The summed E-state index contributed by atoms with van der Waals surface area (Å²) in [6.45, 7) is 10.5. The van der Waals surface area contributed by atoms with Crippen LogP contribution < -0.4 is 5.32 Å². The second-order valence-electron chi connectivity index (χ2n) is 9.71. The molecular weight excluding hydrogens is 456 g/mol. The third-order valence-electron chi connectivity index (χ3n) is 6.73. The number of hydrogen-bond donors (Lipinski definition) is 1. The molecule has 2 amide bonds. The molecule has 1 aromatic heterocycles. The molecule has 0 spiro atoms. The Kier molecular flexibility index (Phi) is 8.16. The van der Waals surface area contributed by atoms with Gasteiger partial charge in [-0.3, -0.25) is 9.59 Å². The van der Waals surface area contributed by atoms with Crippen LogP contribution >= 0.6 is 11.8 Å². The number of carbonyl (C=O) groups excluding carboxylic acids is 2. The van der Waals surface area contributed by atoms with E-state index in [1.54, 1.807) is 0 Å². The molecule has 0 unspecified atom stereocenters. The number of carbonyl (C=O) groups is 2. The third kappa shape index (κ3) is 5.89. The molecule has 4 rings (SSSR count). The zero-order chi connectivity index (χ0) is 24.9. The summed E-state index contributed by atoms with van der Waals surface area (Å²) in [7, 11) is 0. The number of aromatic nitrogens is 2. The number of imidazole rings is 1. The highest BCUT2D eigenvalue weighted by Gasteiger charge is 2.26. The minimum Gasteiger partial charge on any atom is -0.341 e. The van der Waals surface area contributed by atoms with Crippen LogP contribution in [0.25, 0.3) is 11.0 Å². The topological polar surface area (TPSA) is 67.2 Å². The van der Waals surface area contributed by atoms with E-state index in [2.05, 4.69) is 45.1 Å². The summed E-state index contributed by atoms with van der Waals surface area (Å²) in [4.78, 5) is 33.0. The second-order valence-corrected chi connectivity index (χ2v) is 10.7. The first-order valence-electron chi connectivity index (χ1n) is 12.7. The van der Waals surface area contributed by atoms with Gasteiger partial charge in [0, 0.05) is 18.8 Å². The first-order valence-corrected chi connectivity index (χ1v) is 13.6. The number of nitrogens with one attached hydrogen (secondary N) is 1. The highest BCUT2D eigenvalue weighted by Crippen LogP contribution is 2.27. The molecule has 0 saturated carbocycles. The molecule has 186 valence electrons. The lowest BCUT2D eigenvalue weighted by atomic mass is 9.92. The van der Waals surface area contributed by atoms with Gasteiger partial charge in [0.1, 0.15) is 6.54 Å². The minimum atomic E-state index is -0.0609. The molecule has 6 nitrogen and oxygen atoms in total. The number of hydrogen-bond acceptors (Lipinski definition) is 4. The van der Waals surface area contributed by atoms with E-state index in [0.717, 1.165) is 60.2 Å². The molecule has 0 radical (unpaired) electrons. The van der Waals surface area contributed by atoms with E-state index in [4.69, 9.17) is 4.98 Å². The molecular formula is C28H36N4O2S. The normalized spacial score (nSPS) is 18.1. The number of anilines is 1. The number of thioether (sulfide) groups is 1. The summed E-state index contributed by atoms with van der Waals surface area (Å²) < 4.78 is 1.97. The van der Waals surface area contributed by atoms with Gasteiger partial charge in [0.25, 0.3) is 0 Å². The van der Waals surface area contributed by atoms with Gasteiger partial charge in [-0.1, -0.05) is 69.8 Å². The molecule has 2 heterocycles. The number of para-hydroxylation sites is 3. The van der Waals surface area contributed by atoms with Crippen molar-refractivity contribution in [3.05, 3.63) is 53.6 Å². The van der Waals surface area contributed by atoms with Crippen LogP contribution in [-0.4, -0.2) is 45.1 Å². The predicted octanol–water partition coefficient (Wildman–Crippen LogP) is 5.40.